The van der Waals surface area contributed by atoms with Crippen molar-refractivity contribution in [2.45, 2.75) is 0 Å². The quantitative estimate of drug-likeness (QED) is 0.286. The predicted molar refractivity (Wildman–Crippen MR) is 123 cm³/mol. The average molecular weight is 397 g/mol. The molecule has 0 aromatic heterocycles. The lowest BCUT2D eigenvalue weighted by Crippen LogP contribution is -2.69. The molecule has 0 amide bonds. The van der Waals surface area contributed by atoms with Gasteiger partial charge in [-0.3, -0.25) is 0 Å². The van der Waals surface area contributed by atoms with Gasteiger partial charge in [-0.2, -0.15) is 0 Å². The van der Waals surface area contributed by atoms with Crippen molar-refractivity contribution in [3.05, 3.63) is 127 Å². The van der Waals surface area contributed by atoms with E-state index in [2.05, 4.69) is 72.8 Å². The molecule has 0 unspecified atom stereocenters. The van der Waals surface area contributed by atoms with Crippen molar-refractivity contribution in [2.75, 3.05) is 0 Å². The van der Waals surface area contributed by atoms with Crippen LogP contribution >= 0.6 is 12.2 Å². The third-order valence-electron chi connectivity index (χ3n) is 4.80. The fraction of sp³-hybridized carbons (Fsp3) is 0. The molecule has 28 heavy (non-hydrogen) atoms. The average Bonchev–Trinajstić information content (AvgIpc) is 2.80. The van der Waals surface area contributed by atoms with Crippen LogP contribution in [-0.2, 0) is 4.43 Å². The summed E-state index contributed by atoms with van der Waals surface area (Å²) in [6.45, 7) is 0. The third-order valence-corrected chi connectivity index (χ3v) is 9.21. The molecule has 136 valence electrons. The summed E-state index contributed by atoms with van der Waals surface area (Å²) in [5.74, 6) is 0. The molecule has 3 heteroatoms. The highest BCUT2D eigenvalue weighted by Crippen LogP contribution is 2.14. The normalized spacial score (nSPS) is 11.0. The second-order valence-electron chi connectivity index (χ2n) is 6.53. The number of hydrogen-bond acceptors (Lipinski definition) is 2. The van der Waals surface area contributed by atoms with Crippen LogP contribution in [0.4, 0.5) is 0 Å². The Morgan fingerprint density at radius 3 is 1.18 bits per heavy atom. The zero-order valence-electron chi connectivity index (χ0n) is 15.4. The highest BCUT2D eigenvalue weighted by molar-refractivity contribution is 7.80. The molecule has 0 N–H and O–H groups in total. The number of hydrogen-bond donors (Lipinski definition) is 0. The van der Waals surface area contributed by atoms with Crippen molar-refractivity contribution in [1.82, 2.24) is 0 Å². The SMILES string of the molecule is S=C(O[Si](c1ccccc1)(c1ccccc1)c1ccccc1)c1ccccc1. The Morgan fingerprint density at radius 2 is 0.821 bits per heavy atom. The molecule has 0 aliphatic carbocycles. The van der Waals surface area contributed by atoms with Crippen LogP contribution in [0.15, 0.2) is 121 Å². The molecule has 4 aromatic carbocycles. The Bertz CT molecular complexity index is 938. The van der Waals surface area contributed by atoms with Crippen molar-refractivity contribution < 1.29 is 4.43 Å². The Morgan fingerprint density at radius 1 is 0.500 bits per heavy atom. The second-order valence-corrected chi connectivity index (χ2v) is 10.2. The van der Waals surface area contributed by atoms with Crippen LogP contribution in [0.2, 0.25) is 0 Å². The lowest BCUT2D eigenvalue weighted by Gasteiger charge is -2.33. The van der Waals surface area contributed by atoms with Gasteiger partial charge < -0.3 is 4.43 Å². The van der Waals surface area contributed by atoms with Gasteiger partial charge in [0.2, 0.25) is 0 Å². The van der Waals surface area contributed by atoms with E-state index in [0.717, 1.165) is 5.56 Å². The minimum Gasteiger partial charge on any atom is -0.522 e. The summed E-state index contributed by atoms with van der Waals surface area (Å²) in [7, 11) is -2.81. The van der Waals surface area contributed by atoms with E-state index in [1.165, 1.54) is 15.6 Å². The molecule has 0 aliphatic heterocycles. The molecule has 0 saturated carbocycles. The molecule has 4 aromatic rings. The maximum Gasteiger partial charge on any atom is 0.347 e. The first kappa shape index (κ1) is 18.4. The molecule has 0 saturated heterocycles. The maximum absolute atomic E-state index is 6.85. The number of rotatable bonds is 5. The van der Waals surface area contributed by atoms with Crippen LogP contribution in [0.5, 0.6) is 0 Å². The van der Waals surface area contributed by atoms with Gasteiger partial charge in [-0.1, -0.05) is 121 Å². The van der Waals surface area contributed by atoms with Gasteiger partial charge in [-0.25, -0.2) is 0 Å². The first-order valence-electron chi connectivity index (χ1n) is 9.26. The maximum atomic E-state index is 6.85. The Kier molecular flexibility index (Phi) is 5.47. The highest BCUT2D eigenvalue weighted by atomic mass is 32.1. The lowest BCUT2D eigenvalue weighted by atomic mass is 10.2. The highest BCUT2D eigenvalue weighted by Gasteiger charge is 2.44. The molecule has 0 heterocycles. The third kappa shape index (κ3) is 3.55. The summed E-state index contributed by atoms with van der Waals surface area (Å²) in [4.78, 5) is 0. The summed E-state index contributed by atoms with van der Waals surface area (Å²) >= 11 is 5.78. The number of thiocarbonyl (C=S) groups is 1. The molecular formula is C25H20OSSi. The van der Waals surface area contributed by atoms with Crippen LogP contribution in [0.1, 0.15) is 5.56 Å². The van der Waals surface area contributed by atoms with E-state index in [9.17, 15) is 0 Å². The molecule has 0 fully saturated rings. The van der Waals surface area contributed by atoms with Gasteiger partial charge in [0.25, 0.3) is 0 Å². The van der Waals surface area contributed by atoms with Crippen molar-refractivity contribution in [3.8, 4) is 0 Å². The molecule has 4 rings (SSSR count). The first-order valence-corrected chi connectivity index (χ1v) is 11.6. The lowest BCUT2D eigenvalue weighted by molar-refractivity contribution is 0.589. The van der Waals surface area contributed by atoms with E-state index in [0.29, 0.717) is 5.05 Å². The van der Waals surface area contributed by atoms with E-state index in [1.54, 1.807) is 0 Å². The van der Waals surface area contributed by atoms with Crippen molar-refractivity contribution in [1.29, 1.82) is 0 Å². The topological polar surface area (TPSA) is 9.23 Å². The second kappa shape index (κ2) is 8.34. The molecule has 0 atom stereocenters. The van der Waals surface area contributed by atoms with Crippen LogP contribution in [-0.4, -0.2) is 13.4 Å². The van der Waals surface area contributed by atoms with Gasteiger partial charge in [0, 0.05) is 5.56 Å². The fourth-order valence-corrected chi connectivity index (χ4v) is 7.71. The monoisotopic (exact) mass is 396 g/mol. The van der Waals surface area contributed by atoms with Gasteiger partial charge in [-0.15, -0.1) is 0 Å². The Labute approximate surface area is 172 Å². The zero-order chi connectivity index (χ0) is 19.2. The van der Waals surface area contributed by atoms with Gasteiger partial charge in [0.15, 0.2) is 5.05 Å². The summed E-state index contributed by atoms with van der Waals surface area (Å²) < 4.78 is 6.85. The van der Waals surface area contributed by atoms with Crippen LogP contribution < -0.4 is 15.6 Å². The molecular weight excluding hydrogens is 376 g/mol. The van der Waals surface area contributed by atoms with Crippen LogP contribution in [0.3, 0.4) is 0 Å². The minimum atomic E-state index is -2.81. The molecule has 0 radical (unpaired) electrons. The van der Waals surface area contributed by atoms with Gasteiger partial charge in [0.05, 0.1) is 0 Å². The van der Waals surface area contributed by atoms with Gasteiger partial charge in [0.1, 0.15) is 0 Å². The van der Waals surface area contributed by atoms with E-state index >= 15 is 0 Å². The predicted octanol–water partition coefficient (Wildman–Crippen LogP) is 4.05. The van der Waals surface area contributed by atoms with E-state index in [4.69, 9.17) is 16.6 Å². The Balaban J connectivity index is 1.95. The number of benzene rings is 4. The summed E-state index contributed by atoms with van der Waals surface area (Å²) in [6.07, 6.45) is 0. The summed E-state index contributed by atoms with van der Waals surface area (Å²) in [5, 5.41) is 4.05. The largest absolute Gasteiger partial charge is 0.522 e. The fourth-order valence-electron chi connectivity index (χ4n) is 3.47. The smallest absolute Gasteiger partial charge is 0.347 e. The standard InChI is InChI=1S/C25H20OSSi/c27-25(21-13-5-1-6-14-21)26-28(22-15-7-2-8-16-22,23-17-9-3-10-18-23)24-19-11-4-12-20-24/h1-20H. The molecule has 1 nitrogen and oxygen atoms in total. The van der Waals surface area contributed by atoms with Crippen molar-refractivity contribution in [3.63, 3.8) is 0 Å². The summed E-state index contributed by atoms with van der Waals surface area (Å²) in [6, 6.07) is 41.4. The van der Waals surface area contributed by atoms with Gasteiger partial charge >= 0.3 is 8.32 Å². The van der Waals surface area contributed by atoms with Crippen molar-refractivity contribution in [2.24, 2.45) is 0 Å². The van der Waals surface area contributed by atoms with Gasteiger partial charge in [-0.05, 0) is 27.8 Å². The van der Waals surface area contributed by atoms with E-state index < -0.39 is 8.32 Å². The molecule has 0 bridgehead atoms. The minimum absolute atomic E-state index is 0.531. The molecule has 0 spiro atoms. The van der Waals surface area contributed by atoms with Crippen LogP contribution in [0.25, 0.3) is 0 Å². The van der Waals surface area contributed by atoms with E-state index in [1.807, 2.05) is 48.5 Å². The zero-order valence-corrected chi connectivity index (χ0v) is 17.2. The van der Waals surface area contributed by atoms with Crippen molar-refractivity contribution >= 4 is 41.1 Å². The molecule has 0 aliphatic rings. The van der Waals surface area contributed by atoms with Crippen LogP contribution in [0, 0.1) is 0 Å². The Hall–Kier alpha value is -3.01. The summed E-state index contributed by atoms with van der Waals surface area (Å²) in [5.41, 5.74) is 0.928. The van der Waals surface area contributed by atoms with E-state index in [-0.39, 0.29) is 0 Å². The first-order chi connectivity index (χ1) is 13.8.